The molecule has 0 fully saturated rings. The van der Waals surface area contributed by atoms with Crippen LogP contribution in [-0.2, 0) is 17.8 Å². The fraction of sp³-hybridized carbons (Fsp3) is 0.304. The summed E-state index contributed by atoms with van der Waals surface area (Å²) in [4.78, 5) is 19.2. The molecule has 0 saturated heterocycles. The number of aliphatic imine (C=N–C) groups is 1. The van der Waals surface area contributed by atoms with Crippen LogP contribution in [0.3, 0.4) is 0 Å². The number of nitrogens with one attached hydrogen (secondary N) is 2. The van der Waals surface area contributed by atoms with E-state index < -0.39 is 0 Å². The quantitative estimate of drug-likeness (QED) is 0.242. The zero-order valence-corrected chi connectivity index (χ0v) is 19.6. The first-order valence-corrected chi connectivity index (χ1v) is 9.95. The molecule has 6 nitrogen and oxygen atoms in total. The number of para-hydroxylation sites is 2. The molecule has 0 radical (unpaired) electrons. The molecule has 1 aliphatic rings. The number of benzene rings is 2. The molecule has 2 aromatic rings. The maximum Gasteiger partial charge on any atom is 0.246 e. The molecule has 1 amide bonds. The number of carbonyl (C=O) groups is 1. The normalized spacial score (nSPS) is 12.6. The van der Waals surface area contributed by atoms with E-state index in [0.29, 0.717) is 25.7 Å². The van der Waals surface area contributed by atoms with Crippen LogP contribution in [0.4, 0.5) is 5.69 Å². The van der Waals surface area contributed by atoms with Crippen LogP contribution >= 0.6 is 24.0 Å². The van der Waals surface area contributed by atoms with Crippen molar-refractivity contribution in [3.63, 3.8) is 0 Å². The Morgan fingerprint density at radius 1 is 1.20 bits per heavy atom. The number of hydrogen-bond acceptors (Lipinski definition) is 3. The smallest absolute Gasteiger partial charge is 0.246 e. The van der Waals surface area contributed by atoms with Gasteiger partial charge in [0.2, 0.25) is 5.91 Å². The van der Waals surface area contributed by atoms with E-state index in [1.165, 1.54) is 5.56 Å². The summed E-state index contributed by atoms with van der Waals surface area (Å²) >= 11 is 0. The molecule has 3 rings (SSSR count). The fourth-order valence-corrected chi connectivity index (χ4v) is 3.28. The largest absolute Gasteiger partial charge is 0.489 e. The highest BCUT2D eigenvalue weighted by molar-refractivity contribution is 14.0. The lowest BCUT2D eigenvalue weighted by Crippen LogP contribution is -2.44. The van der Waals surface area contributed by atoms with Crippen molar-refractivity contribution in [2.24, 2.45) is 4.99 Å². The Balaban J connectivity index is 0.00000320. The molecule has 0 saturated carbocycles. The summed E-state index contributed by atoms with van der Waals surface area (Å²) in [5.74, 6) is 1.43. The van der Waals surface area contributed by atoms with E-state index in [-0.39, 0.29) is 36.4 Å². The Labute approximate surface area is 195 Å². The average molecular weight is 520 g/mol. The highest BCUT2D eigenvalue weighted by Gasteiger charge is 2.23. The van der Waals surface area contributed by atoms with E-state index in [4.69, 9.17) is 4.74 Å². The number of anilines is 1. The summed E-state index contributed by atoms with van der Waals surface area (Å²) in [7, 11) is 0. The zero-order valence-electron chi connectivity index (χ0n) is 17.3. The van der Waals surface area contributed by atoms with Gasteiger partial charge in [-0.25, -0.2) is 4.99 Å². The molecule has 0 bridgehead atoms. The van der Waals surface area contributed by atoms with E-state index in [2.05, 4.69) is 28.3 Å². The Kier molecular flexibility index (Phi) is 9.66. The van der Waals surface area contributed by atoms with Crippen LogP contribution in [-0.4, -0.2) is 38.1 Å². The molecule has 0 atom stereocenters. The van der Waals surface area contributed by atoms with E-state index in [9.17, 15) is 4.79 Å². The number of rotatable bonds is 8. The third kappa shape index (κ3) is 6.22. The van der Waals surface area contributed by atoms with E-state index >= 15 is 0 Å². The van der Waals surface area contributed by atoms with Gasteiger partial charge in [0.15, 0.2) is 5.96 Å². The average Bonchev–Trinajstić information content (AvgIpc) is 3.19. The molecule has 7 heteroatoms. The van der Waals surface area contributed by atoms with Crippen molar-refractivity contribution in [1.29, 1.82) is 0 Å². The predicted molar refractivity (Wildman–Crippen MR) is 133 cm³/mol. The van der Waals surface area contributed by atoms with Gasteiger partial charge in [-0.05, 0) is 31.0 Å². The summed E-state index contributed by atoms with van der Waals surface area (Å²) in [6, 6.07) is 15.9. The molecule has 2 aromatic carbocycles. The topological polar surface area (TPSA) is 66.0 Å². The van der Waals surface area contributed by atoms with Gasteiger partial charge in [-0.2, -0.15) is 0 Å². The van der Waals surface area contributed by atoms with Crippen molar-refractivity contribution in [2.45, 2.75) is 19.9 Å². The fourth-order valence-electron chi connectivity index (χ4n) is 3.28. The number of carbonyl (C=O) groups excluding carboxylic acids is 1. The van der Waals surface area contributed by atoms with Gasteiger partial charge in [-0.1, -0.05) is 49.1 Å². The molecule has 160 valence electrons. The molecule has 1 aliphatic heterocycles. The standard InChI is InChI=1S/C23H28N4O2.HI/c1-3-15-29-21-12-8-6-10-19(21)16-25-23(24-4-2)26-17-22(28)27-14-13-18-9-5-7-11-20(18)27;/h3,5-12H,1,4,13-17H2,2H3,(H2,24,25,26);1H. The number of halogens is 1. The highest BCUT2D eigenvalue weighted by Crippen LogP contribution is 2.27. The van der Waals surface area contributed by atoms with Crippen LogP contribution in [0.25, 0.3) is 0 Å². The lowest BCUT2D eigenvalue weighted by Gasteiger charge is -2.19. The predicted octanol–water partition coefficient (Wildman–Crippen LogP) is 3.51. The van der Waals surface area contributed by atoms with Gasteiger partial charge in [0.1, 0.15) is 12.4 Å². The van der Waals surface area contributed by atoms with Crippen LogP contribution in [0, 0.1) is 0 Å². The third-order valence-corrected chi connectivity index (χ3v) is 4.68. The molecule has 0 aliphatic carbocycles. The number of ether oxygens (including phenoxy) is 1. The molecule has 2 N–H and O–H groups in total. The van der Waals surface area contributed by atoms with E-state index in [1.807, 2.05) is 54.3 Å². The molecule has 0 spiro atoms. The molecular weight excluding hydrogens is 491 g/mol. The van der Waals surface area contributed by atoms with Gasteiger partial charge in [-0.15, -0.1) is 24.0 Å². The first kappa shape index (κ1) is 23.7. The Morgan fingerprint density at radius 2 is 1.97 bits per heavy atom. The monoisotopic (exact) mass is 520 g/mol. The van der Waals surface area contributed by atoms with Crippen molar-refractivity contribution in [3.05, 3.63) is 72.3 Å². The van der Waals surface area contributed by atoms with Crippen LogP contribution in [0.5, 0.6) is 5.75 Å². The number of hydrogen-bond donors (Lipinski definition) is 2. The number of fused-ring (bicyclic) bond motifs is 1. The molecule has 0 aromatic heterocycles. The van der Waals surface area contributed by atoms with Crippen molar-refractivity contribution >= 4 is 41.5 Å². The van der Waals surface area contributed by atoms with Crippen molar-refractivity contribution < 1.29 is 9.53 Å². The van der Waals surface area contributed by atoms with E-state index in [1.54, 1.807) is 6.08 Å². The number of guanidine groups is 1. The molecular formula is C23H29IN4O2. The van der Waals surface area contributed by atoms with Crippen LogP contribution < -0.4 is 20.3 Å². The van der Waals surface area contributed by atoms with E-state index in [0.717, 1.165) is 30.0 Å². The highest BCUT2D eigenvalue weighted by atomic mass is 127. The Hall–Kier alpha value is -2.55. The lowest BCUT2D eigenvalue weighted by atomic mass is 10.2. The van der Waals surface area contributed by atoms with Crippen LogP contribution in [0.15, 0.2) is 66.2 Å². The molecule has 30 heavy (non-hydrogen) atoms. The maximum absolute atomic E-state index is 12.7. The minimum atomic E-state index is 0. The second-order valence-corrected chi connectivity index (χ2v) is 6.68. The van der Waals surface area contributed by atoms with Crippen LogP contribution in [0.2, 0.25) is 0 Å². The second kappa shape index (κ2) is 12.2. The van der Waals surface area contributed by atoms with Gasteiger partial charge >= 0.3 is 0 Å². The van der Waals surface area contributed by atoms with Crippen molar-refractivity contribution in [1.82, 2.24) is 10.6 Å². The number of amides is 1. The van der Waals surface area contributed by atoms with Gasteiger partial charge in [0.25, 0.3) is 0 Å². The zero-order chi connectivity index (χ0) is 20.5. The summed E-state index contributed by atoms with van der Waals surface area (Å²) in [6.45, 7) is 8.20. The first-order chi connectivity index (χ1) is 14.2. The second-order valence-electron chi connectivity index (χ2n) is 6.68. The van der Waals surface area contributed by atoms with Gasteiger partial charge in [-0.3, -0.25) is 4.79 Å². The minimum absolute atomic E-state index is 0. The van der Waals surface area contributed by atoms with Crippen molar-refractivity contribution in [2.75, 3.05) is 31.1 Å². The molecule has 0 unspecified atom stereocenters. The van der Waals surface area contributed by atoms with Gasteiger partial charge in [0.05, 0.1) is 13.1 Å². The third-order valence-electron chi connectivity index (χ3n) is 4.68. The molecule has 1 heterocycles. The van der Waals surface area contributed by atoms with Gasteiger partial charge < -0.3 is 20.3 Å². The minimum Gasteiger partial charge on any atom is -0.489 e. The lowest BCUT2D eigenvalue weighted by molar-refractivity contribution is -0.117. The summed E-state index contributed by atoms with van der Waals surface area (Å²) in [6.07, 6.45) is 2.62. The number of nitrogens with zero attached hydrogens (tertiary/aromatic N) is 2. The van der Waals surface area contributed by atoms with Crippen LogP contribution in [0.1, 0.15) is 18.1 Å². The SMILES string of the molecule is C=CCOc1ccccc1CN=C(NCC)NCC(=O)N1CCc2ccccc21.I. The summed E-state index contributed by atoms with van der Waals surface area (Å²) in [5, 5.41) is 6.34. The summed E-state index contributed by atoms with van der Waals surface area (Å²) in [5.41, 5.74) is 3.21. The first-order valence-electron chi connectivity index (χ1n) is 9.95. The summed E-state index contributed by atoms with van der Waals surface area (Å²) < 4.78 is 5.69. The van der Waals surface area contributed by atoms with Crippen molar-refractivity contribution in [3.8, 4) is 5.75 Å². The Morgan fingerprint density at radius 3 is 2.77 bits per heavy atom. The maximum atomic E-state index is 12.7. The van der Waals surface area contributed by atoms with Gasteiger partial charge in [0, 0.05) is 24.3 Å². The Bertz CT molecular complexity index is 885.